The SMILES string of the molecule is COc1ccc(Cn2ccc3nc4ccn(Cc5cccnc5)c(=O)c4cc3c2=O)cc1. The van der Waals surface area contributed by atoms with Gasteiger partial charge in [0.15, 0.2) is 0 Å². The lowest BCUT2D eigenvalue weighted by Gasteiger charge is -2.10. The molecule has 0 bridgehead atoms. The Balaban J connectivity index is 1.57. The topological polar surface area (TPSA) is 79.0 Å². The van der Waals surface area contributed by atoms with Gasteiger partial charge >= 0.3 is 0 Å². The summed E-state index contributed by atoms with van der Waals surface area (Å²) < 4.78 is 8.41. The molecule has 0 N–H and O–H groups in total. The second-order valence-electron chi connectivity index (χ2n) is 7.56. The molecule has 7 nitrogen and oxygen atoms in total. The summed E-state index contributed by atoms with van der Waals surface area (Å²) in [6, 6.07) is 16.6. The summed E-state index contributed by atoms with van der Waals surface area (Å²) in [4.78, 5) is 34.9. The lowest BCUT2D eigenvalue weighted by molar-refractivity contribution is 0.414. The van der Waals surface area contributed by atoms with Gasteiger partial charge in [0, 0.05) is 24.8 Å². The number of aromatic nitrogens is 4. The van der Waals surface area contributed by atoms with E-state index in [1.807, 2.05) is 36.4 Å². The van der Waals surface area contributed by atoms with Crippen molar-refractivity contribution in [3.63, 3.8) is 0 Å². The fourth-order valence-corrected chi connectivity index (χ4v) is 3.77. The van der Waals surface area contributed by atoms with Gasteiger partial charge in [0.2, 0.25) is 0 Å². The Kier molecular flexibility index (Phi) is 4.99. The summed E-state index contributed by atoms with van der Waals surface area (Å²) in [5.41, 5.74) is 2.65. The Morgan fingerprint density at radius 1 is 0.812 bits per heavy atom. The zero-order valence-corrected chi connectivity index (χ0v) is 17.4. The third kappa shape index (κ3) is 3.65. The molecule has 0 saturated carbocycles. The maximum absolute atomic E-state index is 13.2. The summed E-state index contributed by atoms with van der Waals surface area (Å²) in [7, 11) is 1.62. The number of rotatable bonds is 5. The monoisotopic (exact) mass is 424 g/mol. The zero-order valence-electron chi connectivity index (χ0n) is 17.4. The van der Waals surface area contributed by atoms with Crippen LogP contribution in [-0.4, -0.2) is 26.2 Å². The van der Waals surface area contributed by atoms with E-state index in [0.717, 1.165) is 16.9 Å². The molecule has 0 spiro atoms. The molecule has 0 amide bonds. The third-order valence-electron chi connectivity index (χ3n) is 5.48. The maximum Gasteiger partial charge on any atom is 0.260 e. The van der Waals surface area contributed by atoms with Crippen molar-refractivity contribution < 1.29 is 4.74 Å². The van der Waals surface area contributed by atoms with Gasteiger partial charge in [-0.3, -0.25) is 14.6 Å². The highest BCUT2D eigenvalue weighted by molar-refractivity contribution is 5.91. The van der Waals surface area contributed by atoms with E-state index in [-0.39, 0.29) is 11.1 Å². The van der Waals surface area contributed by atoms with Crippen LogP contribution in [-0.2, 0) is 13.1 Å². The van der Waals surface area contributed by atoms with Crippen LogP contribution in [0.25, 0.3) is 21.8 Å². The minimum absolute atomic E-state index is 0.185. The predicted molar refractivity (Wildman–Crippen MR) is 123 cm³/mol. The molecule has 4 aromatic heterocycles. The lowest BCUT2D eigenvalue weighted by Crippen LogP contribution is -2.23. The molecule has 32 heavy (non-hydrogen) atoms. The number of fused-ring (bicyclic) bond motifs is 2. The smallest absolute Gasteiger partial charge is 0.260 e. The Morgan fingerprint density at radius 2 is 1.44 bits per heavy atom. The summed E-state index contributed by atoms with van der Waals surface area (Å²) in [5, 5.41) is 0.841. The van der Waals surface area contributed by atoms with Crippen LogP contribution < -0.4 is 15.9 Å². The number of pyridine rings is 4. The van der Waals surface area contributed by atoms with Gasteiger partial charge in [-0.05, 0) is 47.5 Å². The Morgan fingerprint density at radius 3 is 2.00 bits per heavy atom. The number of nitrogens with zero attached hydrogens (tertiary/aromatic N) is 4. The van der Waals surface area contributed by atoms with Crippen LogP contribution in [0, 0.1) is 0 Å². The molecule has 5 aromatic rings. The molecule has 0 aliphatic carbocycles. The van der Waals surface area contributed by atoms with Crippen LogP contribution in [0.15, 0.2) is 89.0 Å². The van der Waals surface area contributed by atoms with E-state index in [4.69, 9.17) is 4.74 Å². The average Bonchev–Trinajstić information content (AvgIpc) is 2.83. The minimum atomic E-state index is -0.189. The molecule has 1 aromatic carbocycles. The fraction of sp³-hybridized carbons (Fsp3) is 0.120. The van der Waals surface area contributed by atoms with E-state index in [2.05, 4.69) is 9.97 Å². The first-order valence-electron chi connectivity index (χ1n) is 10.2. The molecule has 4 heterocycles. The van der Waals surface area contributed by atoms with Crippen LogP contribution in [0.1, 0.15) is 11.1 Å². The summed E-state index contributed by atoms with van der Waals surface area (Å²) in [6.07, 6.45) is 6.88. The quantitative estimate of drug-likeness (QED) is 0.405. The molecule has 5 rings (SSSR count). The van der Waals surface area contributed by atoms with Gasteiger partial charge in [-0.1, -0.05) is 18.2 Å². The van der Waals surface area contributed by atoms with Gasteiger partial charge in [-0.15, -0.1) is 0 Å². The van der Waals surface area contributed by atoms with Crippen molar-refractivity contribution in [3.8, 4) is 5.75 Å². The number of hydrogen-bond donors (Lipinski definition) is 0. The Bertz CT molecular complexity index is 1540. The molecular formula is C25H20N4O3. The van der Waals surface area contributed by atoms with E-state index in [9.17, 15) is 9.59 Å². The first-order chi connectivity index (χ1) is 15.6. The van der Waals surface area contributed by atoms with Gasteiger partial charge in [0.05, 0.1) is 42.0 Å². The largest absolute Gasteiger partial charge is 0.497 e. The maximum atomic E-state index is 13.2. The molecule has 0 fully saturated rings. The zero-order chi connectivity index (χ0) is 22.1. The highest BCUT2D eigenvalue weighted by Gasteiger charge is 2.11. The van der Waals surface area contributed by atoms with Crippen LogP contribution >= 0.6 is 0 Å². The van der Waals surface area contributed by atoms with Gasteiger partial charge in [-0.2, -0.15) is 0 Å². The second kappa shape index (κ2) is 8.11. The molecule has 0 saturated heterocycles. The normalized spacial score (nSPS) is 11.2. The standard InChI is InChI=1S/C25H20N4O3/c1-32-19-6-4-17(5-7-19)15-28-11-8-22-20(24(28)30)13-21-23(27-22)9-12-29(25(21)31)16-18-3-2-10-26-14-18/h2-14H,15-16H2,1H3. The van der Waals surface area contributed by atoms with Crippen molar-refractivity contribution in [1.29, 1.82) is 0 Å². The van der Waals surface area contributed by atoms with Crippen molar-refractivity contribution >= 4 is 21.8 Å². The van der Waals surface area contributed by atoms with Crippen LogP contribution in [0.2, 0.25) is 0 Å². The first-order valence-corrected chi connectivity index (χ1v) is 10.2. The Hall–Kier alpha value is -4.26. The number of ether oxygens (including phenoxy) is 1. The van der Waals surface area contributed by atoms with Crippen LogP contribution in [0.5, 0.6) is 5.75 Å². The van der Waals surface area contributed by atoms with Gasteiger partial charge in [-0.25, -0.2) is 4.98 Å². The highest BCUT2D eigenvalue weighted by atomic mass is 16.5. The third-order valence-corrected chi connectivity index (χ3v) is 5.48. The van der Waals surface area contributed by atoms with E-state index >= 15 is 0 Å². The predicted octanol–water partition coefficient (Wildman–Crippen LogP) is 3.21. The molecule has 0 unspecified atom stereocenters. The number of methoxy groups -OCH3 is 1. The molecule has 0 atom stereocenters. The van der Waals surface area contributed by atoms with Gasteiger partial charge < -0.3 is 13.9 Å². The van der Waals surface area contributed by atoms with E-state index in [0.29, 0.717) is 34.9 Å². The number of hydrogen-bond acceptors (Lipinski definition) is 5. The number of benzene rings is 1. The minimum Gasteiger partial charge on any atom is -0.497 e. The van der Waals surface area contributed by atoms with Crippen molar-refractivity contribution in [3.05, 3.63) is 111 Å². The molecular weight excluding hydrogens is 404 g/mol. The lowest BCUT2D eigenvalue weighted by atomic mass is 10.1. The molecule has 0 aliphatic rings. The Labute approximate surface area is 183 Å². The second-order valence-corrected chi connectivity index (χ2v) is 7.56. The molecule has 7 heteroatoms. The molecule has 0 aliphatic heterocycles. The highest BCUT2D eigenvalue weighted by Crippen LogP contribution is 2.16. The van der Waals surface area contributed by atoms with Gasteiger partial charge in [0.25, 0.3) is 11.1 Å². The van der Waals surface area contributed by atoms with Crippen molar-refractivity contribution in [2.75, 3.05) is 7.11 Å². The van der Waals surface area contributed by atoms with E-state index in [1.54, 1.807) is 59.2 Å². The van der Waals surface area contributed by atoms with Crippen molar-refractivity contribution in [1.82, 2.24) is 19.1 Å². The van der Waals surface area contributed by atoms with E-state index in [1.165, 1.54) is 0 Å². The average molecular weight is 424 g/mol. The first kappa shape index (κ1) is 19.7. The van der Waals surface area contributed by atoms with Crippen molar-refractivity contribution in [2.45, 2.75) is 13.1 Å². The van der Waals surface area contributed by atoms with Crippen LogP contribution in [0.3, 0.4) is 0 Å². The summed E-state index contributed by atoms with van der Waals surface area (Å²) >= 11 is 0. The van der Waals surface area contributed by atoms with Gasteiger partial charge in [0.1, 0.15) is 5.75 Å². The summed E-state index contributed by atoms with van der Waals surface area (Å²) in [6.45, 7) is 0.813. The van der Waals surface area contributed by atoms with Crippen LogP contribution in [0.4, 0.5) is 0 Å². The summed E-state index contributed by atoms with van der Waals surface area (Å²) in [5.74, 6) is 0.762. The molecule has 158 valence electrons. The van der Waals surface area contributed by atoms with E-state index < -0.39 is 0 Å². The van der Waals surface area contributed by atoms with Crippen molar-refractivity contribution in [2.24, 2.45) is 0 Å². The fourth-order valence-electron chi connectivity index (χ4n) is 3.77. The molecule has 0 radical (unpaired) electrons.